The predicted octanol–water partition coefficient (Wildman–Crippen LogP) is 5.51. The first kappa shape index (κ1) is 15.1. The van der Waals surface area contributed by atoms with Gasteiger partial charge in [-0.15, -0.1) is 0 Å². The lowest BCUT2D eigenvalue weighted by atomic mass is 9.81. The Morgan fingerprint density at radius 3 is 1.86 bits per heavy atom. The Morgan fingerprint density at radius 1 is 0.864 bits per heavy atom. The van der Waals surface area contributed by atoms with Crippen LogP contribution in [0.3, 0.4) is 0 Å². The van der Waals surface area contributed by atoms with Crippen LogP contribution in [0.1, 0.15) is 54.2 Å². The van der Waals surface area contributed by atoms with E-state index in [9.17, 15) is 0 Å². The average molecular weight is 290 g/mol. The van der Waals surface area contributed by atoms with Crippen LogP contribution in [-0.2, 0) is 31.1 Å². The van der Waals surface area contributed by atoms with E-state index in [0.717, 1.165) is 25.7 Å². The molecule has 4 bridgehead atoms. The van der Waals surface area contributed by atoms with Crippen LogP contribution in [0.15, 0.2) is 43.0 Å². The first-order valence-corrected chi connectivity index (χ1v) is 8.34. The van der Waals surface area contributed by atoms with Crippen molar-refractivity contribution in [1.29, 1.82) is 0 Å². The third kappa shape index (κ3) is 3.02. The van der Waals surface area contributed by atoms with Crippen molar-refractivity contribution < 1.29 is 0 Å². The van der Waals surface area contributed by atoms with Crippen molar-refractivity contribution in [2.75, 3.05) is 0 Å². The lowest BCUT2D eigenvalue weighted by Crippen LogP contribution is -2.14. The number of fused-ring (bicyclic) bond motifs is 4. The summed E-state index contributed by atoms with van der Waals surface area (Å²) in [6.07, 6.45) is 6.49. The highest BCUT2D eigenvalue weighted by molar-refractivity contribution is 5.59. The van der Waals surface area contributed by atoms with Gasteiger partial charge in [-0.1, -0.05) is 69.8 Å². The highest BCUT2D eigenvalue weighted by Crippen LogP contribution is 2.30. The van der Waals surface area contributed by atoms with Crippen LogP contribution in [0, 0.1) is 0 Å². The fourth-order valence-electron chi connectivity index (χ4n) is 3.39. The fraction of sp³-hybridized carbons (Fsp3) is 0.364. The van der Waals surface area contributed by atoms with Crippen molar-refractivity contribution in [3.05, 3.63) is 76.4 Å². The Labute approximate surface area is 134 Å². The summed E-state index contributed by atoms with van der Waals surface area (Å²) in [5.74, 6) is 0. The van der Waals surface area contributed by atoms with E-state index in [1.54, 1.807) is 0 Å². The van der Waals surface area contributed by atoms with Gasteiger partial charge in [-0.3, -0.25) is 0 Å². The lowest BCUT2D eigenvalue weighted by molar-refractivity contribution is 0.588. The van der Waals surface area contributed by atoms with Crippen LogP contribution in [0.2, 0.25) is 0 Å². The SMILES string of the molecule is C=Cc1c2cc(C(C)(C)C)cc1CCc1cccc(c1)CC2. The van der Waals surface area contributed by atoms with Gasteiger partial charge in [0.25, 0.3) is 0 Å². The number of hydrogen-bond acceptors (Lipinski definition) is 0. The van der Waals surface area contributed by atoms with E-state index in [2.05, 4.69) is 69.8 Å². The molecule has 2 aromatic carbocycles. The van der Waals surface area contributed by atoms with Gasteiger partial charge in [0.15, 0.2) is 0 Å². The van der Waals surface area contributed by atoms with E-state index in [4.69, 9.17) is 0 Å². The second-order valence-corrected chi connectivity index (χ2v) is 7.48. The van der Waals surface area contributed by atoms with Crippen LogP contribution in [0.25, 0.3) is 6.08 Å². The Bertz CT molecular complexity index is 654. The molecule has 0 aromatic heterocycles. The minimum Gasteiger partial charge on any atom is -0.0984 e. The van der Waals surface area contributed by atoms with Crippen molar-refractivity contribution in [1.82, 2.24) is 0 Å². The first-order valence-electron chi connectivity index (χ1n) is 8.34. The molecule has 0 amide bonds. The maximum atomic E-state index is 4.08. The topological polar surface area (TPSA) is 0 Å². The molecule has 2 aromatic rings. The fourth-order valence-corrected chi connectivity index (χ4v) is 3.39. The molecular formula is C22H26. The standard InChI is InChI=1S/C22H26/c1-5-21-18-11-9-16-7-6-8-17(13-16)10-12-19(21)15-20(14-18)22(2,3)4/h5-8,13-15H,1,9-12H2,2-4H3. The van der Waals surface area contributed by atoms with E-state index >= 15 is 0 Å². The maximum absolute atomic E-state index is 4.08. The summed E-state index contributed by atoms with van der Waals surface area (Å²) in [6, 6.07) is 13.9. The van der Waals surface area contributed by atoms with E-state index < -0.39 is 0 Å². The molecule has 0 spiro atoms. The van der Waals surface area contributed by atoms with Gasteiger partial charge in [0, 0.05) is 0 Å². The van der Waals surface area contributed by atoms with Gasteiger partial charge in [0.05, 0.1) is 0 Å². The van der Waals surface area contributed by atoms with E-state index in [1.165, 1.54) is 33.4 Å². The van der Waals surface area contributed by atoms with Crippen LogP contribution in [0.4, 0.5) is 0 Å². The molecule has 0 atom stereocenters. The molecular weight excluding hydrogens is 264 g/mol. The lowest BCUT2D eigenvalue weighted by Gasteiger charge is -2.24. The maximum Gasteiger partial charge on any atom is -0.0132 e. The molecule has 0 N–H and O–H groups in total. The average Bonchev–Trinajstić information content (AvgIpc) is 2.49. The quantitative estimate of drug-likeness (QED) is 0.649. The Kier molecular flexibility index (Phi) is 3.95. The van der Waals surface area contributed by atoms with E-state index in [0.29, 0.717) is 0 Å². The summed E-state index contributed by atoms with van der Waals surface area (Å²) in [5.41, 5.74) is 8.86. The minimum atomic E-state index is 0.196. The normalized spacial score (nSPS) is 14.5. The Balaban J connectivity index is 2.11. The van der Waals surface area contributed by atoms with Crippen molar-refractivity contribution in [3.8, 4) is 0 Å². The molecule has 3 rings (SSSR count). The molecule has 0 unspecified atom stereocenters. The molecule has 0 heterocycles. The van der Waals surface area contributed by atoms with Crippen LogP contribution < -0.4 is 0 Å². The molecule has 0 aliphatic heterocycles. The Hall–Kier alpha value is -1.82. The van der Waals surface area contributed by atoms with E-state index in [-0.39, 0.29) is 5.41 Å². The van der Waals surface area contributed by atoms with Crippen molar-refractivity contribution in [3.63, 3.8) is 0 Å². The molecule has 1 aliphatic rings. The predicted molar refractivity (Wildman–Crippen MR) is 96.5 cm³/mol. The Morgan fingerprint density at radius 2 is 1.41 bits per heavy atom. The molecule has 0 saturated carbocycles. The van der Waals surface area contributed by atoms with Crippen molar-refractivity contribution in [2.45, 2.75) is 51.9 Å². The molecule has 0 nitrogen and oxygen atoms in total. The molecule has 0 saturated heterocycles. The molecule has 22 heavy (non-hydrogen) atoms. The zero-order valence-corrected chi connectivity index (χ0v) is 14.1. The monoisotopic (exact) mass is 290 g/mol. The van der Waals surface area contributed by atoms with E-state index in [1.807, 2.05) is 0 Å². The van der Waals surface area contributed by atoms with Crippen LogP contribution >= 0.6 is 0 Å². The summed E-state index contributed by atoms with van der Waals surface area (Å²) in [7, 11) is 0. The van der Waals surface area contributed by atoms with Gasteiger partial charge < -0.3 is 0 Å². The van der Waals surface area contributed by atoms with Crippen molar-refractivity contribution >= 4 is 6.08 Å². The number of rotatable bonds is 1. The number of benzene rings is 2. The number of hydrogen-bond donors (Lipinski definition) is 0. The summed E-state index contributed by atoms with van der Waals surface area (Å²) >= 11 is 0. The molecule has 0 radical (unpaired) electrons. The minimum absolute atomic E-state index is 0.196. The zero-order valence-electron chi connectivity index (χ0n) is 14.1. The second-order valence-electron chi connectivity index (χ2n) is 7.48. The molecule has 114 valence electrons. The van der Waals surface area contributed by atoms with Gasteiger partial charge in [-0.25, -0.2) is 0 Å². The molecule has 0 fully saturated rings. The summed E-state index contributed by atoms with van der Waals surface area (Å²) < 4.78 is 0. The highest BCUT2D eigenvalue weighted by Gasteiger charge is 2.18. The third-order valence-corrected chi connectivity index (χ3v) is 4.78. The third-order valence-electron chi connectivity index (χ3n) is 4.78. The zero-order chi connectivity index (χ0) is 15.7. The van der Waals surface area contributed by atoms with Gasteiger partial charge in [-0.05, 0) is 64.5 Å². The largest absolute Gasteiger partial charge is 0.0984 e. The van der Waals surface area contributed by atoms with Crippen LogP contribution in [0.5, 0.6) is 0 Å². The van der Waals surface area contributed by atoms with Crippen molar-refractivity contribution in [2.24, 2.45) is 0 Å². The summed E-state index contributed by atoms with van der Waals surface area (Å²) in [5, 5.41) is 0. The van der Waals surface area contributed by atoms with Gasteiger partial charge in [0.2, 0.25) is 0 Å². The number of aryl methyl sites for hydroxylation is 4. The molecule has 1 aliphatic carbocycles. The summed E-state index contributed by atoms with van der Waals surface area (Å²) in [4.78, 5) is 0. The first-order chi connectivity index (χ1) is 10.5. The smallest absolute Gasteiger partial charge is 0.0132 e. The van der Waals surface area contributed by atoms with Gasteiger partial charge >= 0.3 is 0 Å². The van der Waals surface area contributed by atoms with Gasteiger partial charge in [0.1, 0.15) is 0 Å². The van der Waals surface area contributed by atoms with Crippen LogP contribution in [-0.4, -0.2) is 0 Å². The summed E-state index contributed by atoms with van der Waals surface area (Å²) in [6.45, 7) is 11.0. The second kappa shape index (κ2) is 5.76. The molecule has 0 heteroatoms. The highest BCUT2D eigenvalue weighted by atomic mass is 14.2. The van der Waals surface area contributed by atoms with Gasteiger partial charge in [-0.2, -0.15) is 0 Å².